The second-order valence-electron chi connectivity index (χ2n) is 3.06. The summed E-state index contributed by atoms with van der Waals surface area (Å²) in [5.74, 6) is -0.0429. The largest absolute Gasteiger partial charge is 0.198 e. The monoisotopic (exact) mass is 171 g/mol. The van der Waals surface area contributed by atoms with Gasteiger partial charge in [-0.3, -0.25) is 0 Å². The minimum atomic E-state index is -0.0429. The van der Waals surface area contributed by atoms with Gasteiger partial charge in [0, 0.05) is 0 Å². The smallest absolute Gasteiger partial charge is 0.0749 e. The van der Waals surface area contributed by atoms with Crippen molar-refractivity contribution in [1.82, 2.24) is 0 Å². The number of hydrogen-bond donors (Lipinski definition) is 0. The van der Waals surface area contributed by atoms with E-state index in [9.17, 15) is 0 Å². The molecule has 0 unspecified atom stereocenters. The fraction of sp³-hybridized carbons (Fsp3) is 0.250. The minimum Gasteiger partial charge on any atom is -0.198 e. The fourth-order valence-electron chi connectivity index (χ4n) is 1.39. The van der Waals surface area contributed by atoms with Crippen molar-refractivity contribution in [3.8, 4) is 6.07 Å². The number of hydrogen-bond acceptors (Lipinski definition) is 1. The number of nitrogens with zero attached hydrogens (tertiary/aromatic N) is 1. The van der Waals surface area contributed by atoms with Crippen LogP contribution in [0.25, 0.3) is 0 Å². The van der Waals surface area contributed by atoms with E-state index in [4.69, 9.17) is 5.26 Å². The fourth-order valence-corrected chi connectivity index (χ4v) is 1.39. The highest BCUT2D eigenvalue weighted by atomic mass is 14.3. The molecule has 0 aliphatic rings. The summed E-state index contributed by atoms with van der Waals surface area (Å²) in [6.45, 7) is 5.68. The second-order valence-corrected chi connectivity index (χ2v) is 3.06. The van der Waals surface area contributed by atoms with Gasteiger partial charge in [0.05, 0.1) is 12.0 Å². The molecule has 0 fully saturated rings. The predicted molar refractivity (Wildman–Crippen MR) is 54.3 cm³/mol. The summed E-state index contributed by atoms with van der Waals surface area (Å²) in [7, 11) is 0. The zero-order valence-corrected chi connectivity index (χ0v) is 7.83. The molecule has 0 aliphatic carbocycles. The quantitative estimate of drug-likeness (QED) is 0.641. The Balaban J connectivity index is 2.99. The summed E-state index contributed by atoms with van der Waals surface area (Å²) in [5, 5.41) is 8.94. The molecule has 66 valence electrons. The van der Waals surface area contributed by atoms with E-state index < -0.39 is 0 Å². The van der Waals surface area contributed by atoms with Crippen LogP contribution in [0.4, 0.5) is 0 Å². The normalized spacial score (nSPS) is 11.7. The first-order chi connectivity index (χ1) is 6.29. The molecule has 0 bridgehead atoms. The number of aryl methyl sites for hydroxylation is 1. The Morgan fingerprint density at radius 2 is 2.23 bits per heavy atom. The van der Waals surface area contributed by atoms with Crippen molar-refractivity contribution < 1.29 is 0 Å². The van der Waals surface area contributed by atoms with Crippen LogP contribution in [0, 0.1) is 18.3 Å². The maximum atomic E-state index is 8.94. The molecule has 1 aromatic carbocycles. The SMILES string of the molecule is C=CC[C@@H](C#N)c1ccccc1C. The first-order valence-corrected chi connectivity index (χ1v) is 4.35. The Kier molecular flexibility index (Phi) is 3.28. The van der Waals surface area contributed by atoms with Crippen molar-refractivity contribution in [3.63, 3.8) is 0 Å². The maximum absolute atomic E-state index is 8.94. The van der Waals surface area contributed by atoms with Crippen LogP contribution in [0.2, 0.25) is 0 Å². The Bertz CT molecular complexity index is 333. The molecule has 0 heterocycles. The lowest BCUT2D eigenvalue weighted by molar-refractivity contribution is 0.870. The lowest BCUT2D eigenvalue weighted by atomic mass is 9.93. The van der Waals surface area contributed by atoms with Crippen LogP contribution in [0.3, 0.4) is 0 Å². The molecule has 0 aliphatic heterocycles. The molecule has 0 saturated heterocycles. The van der Waals surface area contributed by atoms with Gasteiger partial charge in [0.2, 0.25) is 0 Å². The number of nitriles is 1. The minimum absolute atomic E-state index is 0.0429. The highest BCUT2D eigenvalue weighted by Gasteiger charge is 2.09. The molecule has 1 rings (SSSR count). The predicted octanol–water partition coefficient (Wildman–Crippen LogP) is 3.18. The van der Waals surface area contributed by atoms with Crippen molar-refractivity contribution in [1.29, 1.82) is 5.26 Å². The molecular formula is C12H13N. The second kappa shape index (κ2) is 4.47. The standard InChI is InChI=1S/C12H13N/c1-3-6-11(9-13)12-8-5-4-7-10(12)2/h3-5,7-8,11H,1,6H2,2H3/t11-/m0/s1. The summed E-state index contributed by atoms with van der Waals surface area (Å²) in [5.41, 5.74) is 2.29. The summed E-state index contributed by atoms with van der Waals surface area (Å²) in [6.07, 6.45) is 2.52. The van der Waals surface area contributed by atoms with Gasteiger partial charge in [-0.2, -0.15) is 5.26 Å². The van der Waals surface area contributed by atoms with E-state index in [1.165, 1.54) is 5.56 Å². The van der Waals surface area contributed by atoms with Crippen molar-refractivity contribution in [3.05, 3.63) is 48.0 Å². The average Bonchev–Trinajstić information content (AvgIpc) is 2.16. The first-order valence-electron chi connectivity index (χ1n) is 4.35. The van der Waals surface area contributed by atoms with Gasteiger partial charge in [0.1, 0.15) is 0 Å². The van der Waals surface area contributed by atoms with E-state index in [-0.39, 0.29) is 5.92 Å². The topological polar surface area (TPSA) is 23.8 Å². The van der Waals surface area contributed by atoms with Gasteiger partial charge in [0.25, 0.3) is 0 Å². The Hall–Kier alpha value is -1.55. The molecule has 0 spiro atoms. The van der Waals surface area contributed by atoms with Crippen LogP contribution in [-0.2, 0) is 0 Å². The van der Waals surface area contributed by atoms with Gasteiger partial charge >= 0.3 is 0 Å². The van der Waals surface area contributed by atoms with Crippen LogP contribution in [0.1, 0.15) is 23.5 Å². The van der Waals surface area contributed by atoms with E-state index in [0.29, 0.717) is 0 Å². The molecule has 1 aromatic rings. The van der Waals surface area contributed by atoms with Gasteiger partial charge in [0.15, 0.2) is 0 Å². The third-order valence-corrected chi connectivity index (χ3v) is 2.12. The lowest BCUT2D eigenvalue weighted by Crippen LogP contribution is -1.96. The third-order valence-electron chi connectivity index (χ3n) is 2.12. The van der Waals surface area contributed by atoms with Gasteiger partial charge in [-0.15, -0.1) is 6.58 Å². The molecule has 0 N–H and O–H groups in total. The van der Waals surface area contributed by atoms with E-state index in [1.54, 1.807) is 6.08 Å². The number of rotatable bonds is 3. The van der Waals surface area contributed by atoms with Gasteiger partial charge in [-0.05, 0) is 24.5 Å². The molecule has 0 aromatic heterocycles. The summed E-state index contributed by atoms with van der Waals surface area (Å²) >= 11 is 0. The Labute approximate surface area is 79.3 Å². The Morgan fingerprint density at radius 1 is 1.54 bits per heavy atom. The third kappa shape index (κ3) is 2.19. The summed E-state index contributed by atoms with van der Waals surface area (Å²) in [6, 6.07) is 10.3. The Morgan fingerprint density at radius 3 is 2.77 bits per heavy atom. The van der Waals surface area contributed by atoms with Gasteiger partial charge < -0.3 is 0 Å². The molecule has 0 amide bonds. The molecular weight excluding hydrogens is 158 g/mol. The lowest BCUT2D eigenvalue weighted by Gasteiger charge is -2.09. The molecule has 0 radical (unpaired) electrons. The van der Waals surface area contributed by atoms with Crippen molar-refractivity contribution >= 4 is 0 Å². The maximum Gasteiger partial charge on any atom is 0.0749 e. The van der Waals surface area contributed by atoms with Crippen LogP contribution >= 0.6 is 0 Å². The van der Waals surface area contributed by atoms with Crippen molar-refractivity contribution in [2.75, 3.05) is 0 Å². The highest BCUT2D eigenvalue weighted by molar-refractivity contribution is 5.33. The van der Waals surface area contributed by atoms with E-state index in [1.807, 2.05) is 31.2 Å². The summed E-state index contributed by atoms with van der Waals surface area (Å²) in [4.78, 5) is 0. The van der Waals surface area contributed by atoms with Crippen molar-refractivity contribution in [2.24, 2.45) is 0 Å². The molecule has 0 saturated carbocycles. The van der Waals surface area contributed by atoms with Gasteiger partial charge in [-0.1, -0.05) is 30.3 Å². The van der Waals surface area contributed by atoms with Crippen LogP contribution in [-0.4, -0.2) is 0 Å². The van der Waals surface area contributed by atoms with Crippen LogP contribution in [0.15, 0.2) is 36.9 Å². The molecule has 1 atom stereocenters. The van der Waals surface area contributed by atoms with Crippen LogP contribution < -0.4 is 0 Å². The number of allylic oxidation sites excluding steroid dienone is 1. The molecule has 1 heteroatoms. The first kappa shape index (κ1) is 9.54. The zero-order valence-electron chi connectivity index (χ0n) is 7.83. The highest BCUT2D eigenvalue weighted by Crippen LogP contribution is 2.22. The van der Waals surface area contributed by atoms with Crippen molar-refractivity contribution in [2.45, 2.75) is 19.3 Å². The van der Waals surface area contributed by atoms with Gasteiger partial charge in [-0.25, -0.2) is 0 Å². The van der Waals surface area contributed by atoms with Crippen LogP contribution in [0.5, 0.6) is 0 Å². The average molecular weight is 171 g/mol. The zero-order chi connectivity index (χ0) is 9.68. The molecule has 1 nitrogen and oxygen atoms in total. The van der Waals surface area contributed by atoms with E-state index in [0.717, 1.165) is 12.0 Å². The summed E-state index contributed by atoms with van der Waals surface area (Å²) < 4.78 is 0. The van der Waals surface area contributed by atoms with E-state index >= 15 is 0 Å². The molecule has 13 heavy (non-hydrogen) atoms. The number of benzene rings is 1. The van der Waals surface area contributed by atoms with E-state index in [2.05, 4.69) is 12.6 Å².